The van der Waals surface area contributed by atoms with Crippen LogP contribution in [0.5, 0.6) is 6.01 Å². The second kappa shape index (κ2) is 8.88. The zero-order valence-electron chi connectivity index (χ0n) is 19.4. The normalized spacial score (nSPS) is 26.4. The Kier molecular flexibility index (Phi) is 5.47. The number of halogens is 2. The summed E-state index contributed by atoms with van der Waals surface area (Å²) in [6, 6.07) is 5.12. The Labute approximate surface area is 215 Å². The number of hydrogen-bond donors (Lipinski definition) is 3. The number of fused-ring (bicyclic) bond motifs is 3. The van der Waals surface area contributed by atoms with Gasteiger partial charge in [0.15, 0.2) is 11.8 Å². The highest BCUT2D eigenvalue weighted by molar-refractivity contribution is 6.33. The number of imidazole rings is 1. The molecule has 2 fully saturated rings. The van der Waals surface area contributed by atoms with Crippen molar-refractivity contribution in [1.82, 2.24) is 24.9 Å². The molecule has 2 saturated heterocycles. The zero-order valence-corrected chi connectivity index (χ0v) is 20.2. The van der Waals surface area contributed by atoms with Gasteiger partial charge in [-0.05, 0) is 36.6 Å². The average Bonchev–Trinajstić information content (AvgIpc) is 3.66. The highest BCUT2D eigenvalue weighted by Crippen LogP contribution is 2.39. The van der Waals surface area contributed by atoms with Gasteiger partial charge >= 0.3 is 0 Å². The van der Waals surface area contributed by atoms with E-state index in [2.05, 4.69) is 30.2 Å². The summed E-state index contributed by atoms with van der Waals surface area (Å²) < 4.78 is 32.4. The summed E-state index contributed by atoms with van der Waals surface area (Å²) in [6.07, 6.45) is 4.38. The molecule has 4 aromatic rings. The molecule has 5 heterocycles. The molecule has 3 aromatic heterocycles. The van der Waals surface area contributed by atoms with Crippen molar-refractivity contribution in [2.45, 2.75) is 43.3 Å². The van der Waals surface area contributed by atoms with Crippen LogP contribution in [-0.2, 0) is 15.9 Å². The number of pyridine rings is 1. The average molecular weight is 525 g/mol. The fraction of sp³-hybridized carbons (Fsp3) is 0.360. The molecule has 1 unspecified atom stereocenters. The Bertz CT molecular complexity index is 1490. The van der Waals surface area contributed by atoms with Crippen molar-refractivity contribution in [3.05, 3.63) is 58.8 Å². The number of rotatable bonds is 5. The minimum absolute atomic E-state index is 0.216. The maximum atomic E-state index is 15.2. The van der Waals surface area contributed by atoms with E-state index in [1.807, 2.05) is 6.07 Å². The molecule has 12 heteroatoms. The summed E-state index contributed by atoms with van der Waals surface area (Å²) >= 11 is 6.53. The third-order valence-electron chi connectivity index (χ3n) is 7.09. The molecule has 0 amide bonds. The first-order chi connectivity index (χ1) is 18.0. The van der Waals surface area contributed by atoms with Gasteiger partial charge in [0, 0.05) is 23.5 Å². The Balaban J connectivity index is 1.12. The first-order valence-electron chi connectivity index (χ1n) is 12.0. The number of aliphatic hydroxyl groups excluding tert-OH is 1. The minimum Gasteiger partial charge on any atom is -0.456 e. The molecule has 0 saturated carbocycles. The van der Waals surface area contributed by atoms with Gasteiger partial charge in [-0.2, -0.15) is 4.98 Å². The lowest BCUT2D eigenvalue weighted by molar-refractivity contribution is 0.00706. The molecule has 0 radical (unpaired) electrons. The van der Waals surface area contributed by atoms with Gasteiger partial charge < -0.3 is 29.6 Å². The topological polar surface area (TPSA) is 127 Å². The number of aromatic nitrogens is 5. The fourth-order valence-electron chi connectivity index (χ4n) is 5.36. The van der Waals surface area contributed by atoms with Gasteiger partial charge in [0.05, 0.1) is 41.7 Å². The minimum atomic E-state index is -0.660. The van der Waals surface area contributed by atoms with Crippen molar-refractivity contribution < 1.29 is 23.7 Å². The van der Waals surface area contributed by atoms with Crippen LogP contribution in [-0.4, -0.2) is 67.7 Å². The number of hydrogen-bond acceptors (Lipinski definition) is 9. The van der Waals surface area contributed by atoms with Gasteiger partial charge in [-0.25, -0.2) is 9.37 Å². The number of anilines is 1. The summed E-state index contributed by atoms with van der Waals surface area (Å²) in [5.74, 6) is 0.103. The van der Waals surface area contributed by atoms with Gasteiger partial charge in [-0.3, -0.25) is 9.97 Å². The zero-order chi connectivity index (χ0) is 25.1. The number of benzene rings is 1. The summed E-state index contributed by atoms with van der Waals surface area (Å²) in [5, 5.41) is 13.6. The van der Waals surface area contributed by atoms with E-state index in [4.69, 9.17) is 25.8 Å². The molecule has 2 aliphatic heterocycles. The number of H-pyrrole nitrogens is 1. The molecule has 3 N–H and O–H groups in total. The van der Waals surface area contributed by atoms with Crippen molar-refractivity contribution in [1.29, 1.82) is 0 Å². The Morgan fingerprint density at radius 1 is 1.14 bits per heavy atom. The van der Waals surface area contributed by atoms with Crippen molar-refractivity contribution >= 4 is 28.6 Å². The van der Waals surface area contributed by atoms with Crippen molar-refractivity contribution in [3.8, 4) is 17.3 Å². The van der Waals surface area contributed by atoms with E-state index < -0.39 is 18.3 Å². The molecule has 0 bridgehead atoms. The number of aliphatic hydroxyl groups is 1. The monoisotopic (exact) mass is 524 g/mol. The maximum absolute atomic E-state index is 15.2. The number of ether oxygens (including phenoxy) is 3. The molecule has 5 atom stereocenters. The lowest BCUT2D eigenvalue weighted by atomic mass is 10.0. The van der Waals surface area contributed by atoms with E-state index >= 15 is 4.39 Å². The van der Waals surface area contributed by atoms with Crippen LogP contribution in [0.25, 0.3) is 22.4 Å². The first kappa shape index (κ1) is 22.8. The maximum Gasteiger partial charge on any atom is 0.296 e. The van der Waals surface area contributed by atoms with E-state index in [1.165, 1.54) is 6.07 Å². The van der Waals surface area contributed by atoms with Crippen LogP contribution in [0.15, 0.2) is 36.8 Å². The van der Waals surface area contributed by atoms with E-state index in [9.17, 15) is 5.11 Å². The number of nitrogens with zero attached hydrogens (tertiary/aromatic N) is 4. The van der Waals surface area contributed by atoms with Crippen LogP contribution in [0.3, 0.4) is 0 Å². The van der Waals surface area contributed by atoms with E-state index in [0.29, 0.717) is 51.7 Å². The third kappa shape index (κ3) is 3.98. The molecule has 0 spiro atoms. The van der Waals surface area contributed by atoms with Crippen LogP contribution in [0.2, 0.25) is 5.02 Å². The molecule has 7 rings (SSSR count). The molecule has 37 heavy (non-hydrogen) atoms. The lowest BCUT2D eigenvalue weighted by Crippen LogP contribution is -2.34. The quantitative estimate of drug-likeness (QED) is 0.360. The number of nitrogens with one attached hydrogen (secondary N) is 2. The lowest BCUT2D eigenvalue weighted by Gasteiger charge is -2.17. The van der Waals surface area contributed by atoms with Gasteiger partial charge in [-0.1, -0.05) is 11.6 Å². The van der Waals surface area contributed by atoms with Crippen molar-refractivity contribution in [3.63, 3.8) is 0 Å². The molecular formula is C25H22ClFN6O4. The van der Waals surface area contributed by atoms with Crippen LogP contribution in [0, 0.1) is 5.82 Å². The van der Waals surface area contributed by atoms with Gasteiger partial charge in [-0.15, -0.1) is 0 Å². The largest absolute Gasteiger partial charge is 0.456 e. The number of aromatic amines is 1. The first-order valence-corrected chi connectivity index (χ1v) is 12.4. The summed E-state index contributed by atoms with van der Waals surface area (Å²) in [4.78, 5) is 20.4. The van der Waals surface area contributed by atoms with E-state index in [1.54, 1.807) is 24.7 Å². The highest BCUT2D eigenvalue weighted by atomic mass is 35.5. The van der Waals surface area contributed by atoms with Crippen molar-refractivity contribution in [2.24, 2.45) is 0 Å². The fourth-order valence-corrected chi connectivity index (χ4v) is 5.57. The molecule has 1 aliphatic carbocycles. The van der Waals surface area contributed by atoms with Gasteiger partial charge in [0.25, 0.3) is 6.01 Å². The Hall–Kier alpha value is -3.38. The summed E-state index contributed by atoms with van der Waals surface area (Å²) in [7, 11) is 0. The molecular weight excluding hydrogens is 503 g/mol. The SMILES string of the molecule is O[C@@H]1CO[C@H]2[C@@H]1OC[C@H]2Oc1nc2nc(NC3CCc4cc(-c5cnccn5)cc(F)c43)c(Cl)cc2[nH]1. The smallest absolute Gasteiger partial charge is 0.296 e. The second-order valence-electron chi connectivity index (χ2n) is 9.41. The molecule has 10 nitrogen and oxygen atoms in total. The van der Waals surface area contributed by atoms with Crippen molar-refractivity contribution in [2.75, 3.05) is 18.5 Å². The standard InChI is InChI=1S/C25H22ClFN6O4/c26-13-7-16-24(33-25(31-16)37-19-10-36-21-18(34)9-35-22(19)21)32-23(13)30-15-2-1-11-5-12(6-14(27)20(11)15)17-8-28-3-4-29-17/h3-8,15,18-19,21-22,34H,1-2,9-10H2,(H2,30,31,32,33)/t15?,18-,19-,21-,22-/m1/s1. The Morgan fingerprint density at radius 2 is 2.03 bits per heavy atom. The van der Waals surface area contributed by atoms with E-state index in [0.717, 1.165) is 5.56 Å². The molecule has 190 valence electrons. The van der Waals surface area contributed by atoms with Crippen LogP contribution in [0.4, 0.5) is 10.2 Å². The second-order valence-corrected chi connectivity index (χ2v) is 9.82. The summed E-state index contributed by atoms with van der Waals surface area (Å²) in [6.45, 7) is 0.504. The van der Waals surface area contributed by atoms with Gasteiger partial charge in [0.2, 0.25) is 0 Å². The predicted molar refractivity (Wildman–Crippen MR) is 131 cm³/mol. The molecule has 1 aromatic carbocycles. The van der Waals surface area contributed by atoms with Crippen LogP contribution < -0.4 is 10.1 Å². The van der Waals surface area contributed by atoms with Crippen LogP contribution >= 0.6 is 11.6 Å². The summed E-state index contributed by atoms with van der Waals surface area (Å²) in [5.41, 5.74) is 3.85. The highest BCUT2D eigenvalue weighted by Gasteiger charge is 2.48. The predicted octanol–water partition coefficient (Wildman–Crippen LogP) is 3.21. The Morgan fingerprint density at radius 3 is 2.89 bits per heavy atom. The molecule has 3 aliphatic rings. The van der Waals surface area contributed by atoms with E-state index in [-0.39, 0.29) is 37.2 Å². The van der Waals surface area contributed by atoms with Gasteiger partial charge in [0.1, 0.15) is 29.9 Å². The third-order valence-corrected chi connectivity index (χ3v) is 7.37. The van der Waals surface area contributed by atoms with Crippen LogP contribution in [0.1, 0.15) is 23.6 Å². The number of aryl methyl sites for hydroxylation is 1.